The first-order valence-corrected chi connectivity index (χ1v) is 7.08. The van der Waals surface area contributed by atoms with Crippen LogP contribution in [0.1, 0.15) is 5.56 Å². The van der Waals surface area contributed by atoms with Gasteiger partial charge in [-0.1, -0.05) is 54.6 Å². The van der Waals surface area contributed by atoms with E-state index in [0.29, 0.717) is 6.54 Å². The Hall–Kier alpha value is -2.46. The van der Waals surface area contributed by atoms with E-state index in [9.17, 15) is 0 Å². The smallest absolute Gasteiger partial charge is 0.156 e. The highest BCUT2D eigenvalue weighted by atomic mass is 15.2. The number of aromatic nitrogens is 2. The minimum atomic E-state index is 0.132. The van der Waals surface area contributed by atoms with E-state index in [0.717, 1.165) is 23.0 Å². The van der Waals surface area contributed by atoms with Crippen molar-refractivity contribution in [1.82, 2.24) is 10.2 Å². The third-order valence-corrected chi connectivity index (χ3v) is 3.52. The molecular formula is C17H18N4. The van der Waals surface area contributed by atoms with Crippen molar-refractivity contribution in [2.24, 2.45) is 5.73 Å². The standard InChI is InChI=1S/C17H18N4/c18-11-15(10-13-6-2-1-3-7-13)20-17-16-9-5-4-8-14(16)12-19-21-17/h1-9,12,15H,10-11,18H2,(H,20,21). The van der Waals surface area contributed by atoms with Gasteiger partial charge in [0.15, 0.2) is 5.82 Å². The molecule has 3 rings (SSSR count). The van der Waals surface area contributed by atoms with E-state index in [4.69, 9.17) is 5.73 Å². The number of hydrogen-bond donors (Lipinski definition) is 2. The number of nitrogens with zero attached hydrogens (tertiary/aromatic N) is 2. The quantitative estimate of drug-likeness (QED) is 0.753. The summed E-state index contributed by atoms with van der Waals surface area (Å²) in [6.07, 6.45) is 2.64. The molecule has 0 saturated heterocycles. The van der Waals surface area contributed by atoms with Crippen molar-refractivity contribution < 1.29 is 0 Å². The van der Waals surface area contributed by atoms with Crippen molar-refractivity contribution in [1.29, 1.82) is 0 Å². The van der Waals surface area contributed by atoms with Gasteiger partial charge in [-0.3, -0.25) is 0 Å². The van der Waals surface area contributed by atoms with Crippen molar-refractivity contribution in [2.45, 2.75) is 12.5 Å². The molecule has 106 valence electrons. The number of nitrogens with one attached hydrogen (secondary N) is 1. The lowest BCUT2D eigenvalue weighted by molar-refractivity contribution is 0.718. The fourth-order valence-corrected chi connectivity index (χ4v) is 2.42. The second-order valence-corrected chi connectivity index (χ2v) is 5.05. The number of hydrogen-bond acceptors (Lipinski definition) is 4. The molecule has 1 atom stereocenters. The van der Waals surface area contributed by atoms with Gasteiger partial charge in [-0.15, -0.1) is 5.10 Å². The third-order valence-electron chi connectivity index (χ3n) is 3.52. The van der Waals surface area contributed by atoms with Gasteiger partial charge in [-0.05, 0) is 12.0 Å². The molecule has 0 radical (unpaired) electrons. The molecule has 3 aromatic rings. The molecule has 1 heterocycles. The summed E-state index contributed by atoms with van der Waals surface area (Å²) in [6.45, 7) is 0.541. The number of nitrogens with two attached hydrogens (primary N) is 1. The molecule has 0 fully saturated rings. The molecule has 0 amide bonds. The lowest BCUT2D eigenvalue weighted by atomic mass is 10.1. The molecule has 4 heteroatoms. The van der Waals surface area contributed by atoms with E-state index >= 15 is 0 Å². The molecule has 21 heavy (non-hydrogen) atoms. The van der Waals surface area contributed by atoms with Crippen LogP contribution in [-0.4, -0.2) is 22.8 Å². The highest BCUT2D eigenvalue weighted by molar-refractivity contribution is 5.90. The van der Waals surface area contributed by atoms with Gasteiger partial charge >= 0.3 is 0 Å². The monoisotopic (exact) mass is 278 g/mol. The molecule has 0 aliphatic heterocycles. The van der Waals surface area contributed by atoms with Gasteiger partial charge in [-0.2, -0.15) is 5.10 Å². The Balaban J connectivity index is 1.82. The van der Waals surface area contributed by atoms with Gasteiger partial charge in [0.05, 0.1) is 6.20 Å². The van der Waals surface area contributed by atoms with E-state index in [-0.39, 0.29) is 6.04 Å². The second-order valence-electron chi connectivity index (χ2n) is 5.05. The van der Waals surface area contributed by atoms with Crippen molar-refractivity contribution in [2.75, 3.05) is 11.9 Å². The summed E-state index contributed by atoms with van der Waals surface area (Å²) < 4.78 is 0. The second kappa shape index (κ2) is 6.33. The van der Waals surface area contributed by atoms with Crippen LogP contribution in [0.4, 0.5) is 5.82 Å². The lowest BCUT2D eigenvalue weighted by Gasteiger charge is -2.18. The Kier molecular flexibility index (Phi) is 4.07. The van der Waals surface area contributed by atoms with Crippen LogP contribution < -0.4 is 11.1 Å². The Bertz CT molecular complexity index is 707. The fraction of sp³-hybridized carbons (Fsp3) is 0.176. The minimum absolute atomic E-state index is 0.132. The Morgan fingerprint density at radius 3 is 2.57 bits per heavy atom. The van der Waals surface area contributed by atoms with Crippen LogP contribution in [0.5, 0.6) is 0 Å². The van der Waals surface area contributed by atoms with Gasteiger partial charge in [0.2, 0.25) is 0 Å². The topological polar surface area (TPSA) is 63.8 Å². The first-order valence-electron chi connectivity index (χ1n) is 7.08. The zero-order valence-electron chi connectivity index (χ0n) is 11.7. The van der Waals surface area contributed by atoms with E-state index < -0.39 is 0 Å². The molecule has 0 spiro atoms. The van der Waals surface area contributed by atoms with E-state index in [2.05, 4.69) is 27.6 Å². The molecule has 0 saturated carbocycles. The molecule has 4 nitrogen and oxygen atoms in total. The first-order chi connectivity index (χ1) is 10.4. The Labute approximate surface area is 124 Å². The van der Waals surface area contributed by atoms with Crippen molar-refractivity contribution >= 4 is 16.6 Å². The molecule has 0 aliphatic rings. The van der Waals surface area contributed by atoms with Crippen LogP contribution in [0.25, 0.3) is 10.8 Å². The number of anilines is 1. The number of benzene rings is 2. The van der Waals surface area contributed by atoms with Gasteiger partial charge in [0.25, 0.3) is 0 Å². The maximum atomic E-state index is 5.90. The number of rotatable bonds is 5. The average Bonchev–Trinajstić information content (AvgIpc) is 2.55. The molecular weight excluding hydrogens is 260 g/mol. The van der Waals surface area contributed by atoms with Gasteiger partial charge < -0.3 is 11.1 Å². The molecule has 0 aliphatic carbocycles. The predicted octanol–water partition coefficient (Wildman–Crippen LogP) is 2.61. The maximum Gasteiger partial charge on any atom is 0.156 e. The SMILES string of the molecule is NCC(Cc1ccccc1)Nc1nncc2ccccc12. The maximum absolute atomic E-state index is 5.90. The first kappa shape index (κ1) is 13.5. The van der Waals surface area contributed by atoms with Crippen LogP contribution in [0.2, 0.25) is 0 Å². The van der Waals surface area contributed by atoms with E-state index in [1.807, 2.05) is 42.5 Å². The third kappa shape index (κ3) is 3.17. The van der Waals surface area contributed by atoms with Gasteiger partial charge in [-0.25, -0.2) is 0 Å². The van der Waals surface area contributed by atoms with Crippen molar-refractivity contribution in [3.8, 4) is 0 Å². The highest BCUT2D eigenvalue weighted by Crippen LogP contribution is 2.20. The van der Waals surface area contributed by atoms with Crippen molar-refractivity contribution in [3.63, 3.8) is 0 Å². The van der Waals surface area contributed by atoms with Crippen LogP contribution in [-0.2, 0) is 6.42 Å². The summed E-state index contributed by atoms with van der Waals surface area (Å²) in [6, 6.07) is 18.5. The highest BCUT2D eigenvalue weighted by Gasteiger charge is 2.10. The van der Waals surface area contributed by atoms with Crippen LogP contribution >= 0.6 is 0 Å². The Morgan fingerprint density at radius 2 is 1.76 bits per heavy atom. The lowest BCUT2D eigenvalue weighted by Crippen LogP contribution is -2.31. The fourth-order valence-electron chi connectivity index (χ4n) is 2.42. The van der Waals surface area contributed by atoms with Crippen LogP contribution in [0, 0.1) is 0 Å². The summed E-state index contributed by atoms with van der Waals surface area (Å²) in [4.78, 5) is 0. The van der Waals surface area contributed by atoms with Crippen LogP contribution in [0.15, 0.2) is 60.8 Å². The average molecular weight is 278 g/mol. The van der Waals surface area contributed by atoms with Gasteiger partial charge in [0, 0.05) is 23.4 Å². The Morgan fingerprint density at radius 1 is 1.00 bits per heavy atom. The summed E-state index contributed by atoms with van der Waals surface area (Å²) in [5, 5.41) is 13.8. The normalized spacial score (nSPS) is 12.2. The largest absolute Gasteiger partial charge is 0.364 e. The van der Waals surface area contributed by atoms with Crippen molar-refractivity contribution in [3.05, 3.63) is 66.4 Å². The molecule has 3 N–H and O–H groups in total. The zero-order valence-corrected chi connectivity index (χ0v) is 11.7. The van der Waals surface area contributed by atoms with E-state index in [1.165, 1.54) is 5.56 Å². The van der Waals surface area contributed by atoms with Crippen LogP contribution in [0.3, 0.4) is 0 Å². The van der Waals surface area contributed by atoms with E-state index in [1.54, 1.807) is 6.20 Å². The zero-order chi connectivity index (χ0) is 14.5. The minimum Gasteiger partial charge on any atom is -0.364 e. The molecule has 1 unspecified atom stereocenters. The summed E-state index contributed by atoms with van der Waals surface area (Å²) in [5.74, 6) is 0.791. The summed E-state index contributed by atoms with van der Waals surface area (Å²) in [5.41, 5.74) is 7.16. The predicted molar refractivity (Wildman–Crippen MR) is 86.1 cm³/mol. The summed E-state index contributed by atoms with van der Waals surface area (Å²) in [7, 11) is 0. The molecule has 1 aromatic heterocycles. The molecule has 2 aromatic carbocycles. The van der Waals surface area contributed by atoms with Gasteiger partial charge in [0.1, 0.15) is 0 Å². The summed E-state index contributed by atoms with van der Waals surface area (Å²) >= 11 is 0. The number of fused-ring (bicyclic) bond motifs is 1. The molecule has 0 bridgehead atoms.